The maximum atomic E-state index is 5.39. The zero-order valence-corrected chi connectivity index (χ0v) is 11.5. The molecule has 0 atom stereocenters. The van der Waals surface area contributed by atoms with Crippen molar-refractivity contribution in [3.8, 4) is 6.01 Å². The van der Waals surface area contributed by atoms with Gasteiger partial charge in [0.15, 0.2) is 5.16 Å². The van der Waals surface area contributed by atoms with Crippen LogP contribution in [-0.2, 0) is 7.05 Å². The van der Waals surface area contributed by atoms with E-state index in [1.54, 1.807) is 6.20 Å². The standard InChI is InChI=1S/C10H15N7OS/c1-3-6-18-8-13-7(16-11)14-9(15-8)19-10-12-4-5-17(10)2/h4-5H,3,6,11H2,1-2H3,(H,13,14,15,16). The fraction of sp³-hybridized carbons (Fsp3) is 0.400. The fourth-order valence-corrected chi connectivity index (χ4v) is 1.98. The smallest absolute Gasteiger partial charge is 0.322 e. The zero-order chi connectivity index (χ0) is 13.7. The van der Waals surface area contributed by atoms with Crippen LogP contribution in [0.2, 0.25) is 0 Å². The Labute approximate surface area is 114 Å². The van der Waals surface area contributed by atoms with Crippen LogP contribution in [0.25, 0.3) is 0 Å². The van der Waals surface area contributed by atoms with Gasteiger partial charge in [-0.3, -0.25) is 5.43 Å². The van der Waals surface area contributed by atoms with Crippen molar-refractivity contribution in [1.82, 2.24) is 24.5 Å². The van der Waals surface area contributed by atoms with Gasteiger partial charge in [0.05, 0.1) is 6.61 Å². The molecule has 3 N–H and O–H groups in total. The Bertz CT molecular complexity index is 544. The zero-order valence-electron chi connectivity index (χ0n) is 10.7. The van der Waals surface area contributed by atoms with Gasteiger partial charge in [0.2, 0.25) is 11.1 Å². The number of rotatable bonds is 6. The van der Waals surface area contributed by atoms with E-state index in [0.29, 0.717) is 11.8 Å². The van der Waals surface area contributed by atoms with E-state index >= 15 is 0 Å². The molecule has 9 heteroatoms. The van der Waals surface area contributed by atoms with Gasteiger partial charge in [-0.1, -0.05) is 6.92 Å². The molecule has 102 valence electrons. The number of hydrogen-bond acceptors (Lipinski definition) is 8. The maximum Gasteiger partial charge on any atom is 0.322 e. The first kappa shape index (κ1) is 13.6. The van der Waals surface area contributed by atoms with Crippen LogP contribution < -0.4 is 16.0 Å². The molecule has 2 aromatic rings. The number of aromatic nitrogens is 5. The summed E-state index contributed by atoms with van der Waals surface area (Å²) < 4.78 is 7.26. The summed E-state index contributed by atoms with van der Waals surface area (Å²) in [5.41, 5.74) is 2.40. The summed E-state index contributed by atoms with van der Waals surface area (Å²) in [6.45, 7) is 2.55. The normalized spacial score (nSPS) is 10.5. The Morgan fingerprint density at radius 1 is 1.42 bits per heavy atom. The third-order valence-corrected chi connectivity index (χ3v) is 3.06. The van der Waals surface area contributed by atoms with Crippen molar-refractivity contribution in [2.45, 2.75) is 23.7 Å². The van der Waals surface area contributed by atoms with Gasteiger partial charge in [-0.25, -0.2) is 10.8 Å². The SMILES string of the molecule is CCCOc1nc(NN)nc(Sc2nccn2C)n1. The van der Waals surface area contributed by atoms with Crippen LogP contribution in [-0.4, -0.2) is 31.1 Å². The van der Waals surface area contributed by atoms with Crippen LogP contribution in [0.15, 0.2) is 22.7 Å². The van der Waals surface area contributed by atoms with E-state index in [4.69, 9.17) is 10.6 Å². The summed E-state index contributed by atoms with van der Waals surface area (Å²) in [6.07, 6.45) is 4.43. The monoisotopic (exact) mass is 281 g/mol. The molecule has 0 saturated heterocycles. The quantitative estimate of drug-likeness (QED) is 0.592. The Kier molecular flexibility index (Phi) is 4.53. The first-order valence-corrected chi connectivity index (χ1v) is 6.55. The highest BCUT2D eigenvalue weighted by atomic mass is 32.2. The minimum absolute atomic E-state index is 0.251. The van der Waals surface area contributed by atoms with Crippen molar-refractivity contribution >= 4 is 17.7 Å². The molecule has 2 heterocycles. The summed E-state index contributed by atoms with van der Waals surface area (Å²) in [5, 5.41) is 1.25. The van der Waals surface area contributed by atoms with E-state index in [0.717, 1.165) is 11.6 Å². The van der Waals surface area contributed by atoms with Gasteiger partial charge in [-0.15, -0.1) is 0 Å². The average molecular weight is 281 g/mol. The van der Waals surface area contributed by atoms with E-state index in [1.165, 1.54) is 11.8 Å². The number of hydrazine groups is 1. The predicted octanol–water partition coefficient (Wildman–Crippen LogP) is 0.831. The lowest BCUT2D eigenvalue weighted by atomic mass is 10.5. The molecule has 0 aliphatic carbocycles. The van der Waals surface area contributed by atoms with Crippen LogP contribution in [0.5, 0.6) is 6.01 Å². The van der Waals surface area contributed by atoms with Gasteiger partial charge < -0.3 is 9.30 Å². The number of hydrogen-bond donors (Lipinski definition) is 2. The minimum Gasteiger partial charge on any atom is -0.463 e. The van der Waals surface area contributed by atoms with Crippen LogP contribution >= 0.6 is 11.8 Å². The van der Waals surface area contributed by atoms with Crippen LogP contribution in [0.4, 0.5) is 5.95 Å². The van der Waals surface area contributed by atoms with Gasteiger partial charge in [-0.2, -0.15) is 15.0 Å². The van der Waals surface area contributed by atoms with E-state index in [1.807, 2.05) is 24.7 Å². The average Bonchev–Trinajstić information content (AvgIpc) is 2.81. The Morgan fingerprint density at radius 3 is 2.89 bits per heavy atom. The molecule has 0 fully saturated rings. The lowest BCUT2D eigenvalue weighted by Gasteiger charge is -2.06. The van der Waals surface area contributed by atoms with Gasteiger partial charge in [0.25, 0.3) is 0 Å². The van der Waals surface area contributed by atoms with Crippen molar-refractivity contribution in [2.24, 2.45) is 12.9 Å². The molecule has 2 rings (SSSR count). The molecule has 0 aliphatic rings. The van der Waals surface area contributed by atoms with Crippen LogP contribution in [0.1, 0.15) is 13.3 Å². The summed E-state index contributed by atoms with van der Waals surface area (Å²) in [5.74, 6) is 5.59. The number of nitrogens with one attached hydrogen (secondary N) is 1. The number of ether oxygens (including phenoxy) is 1. The first-order valence-electron chi connectivity index (χ1n) is 5.73. The third kappa shape index (κ3) is 3.55. The molecular weight excluding hydrogens is 266 g/mol. The van der Waals surface area contributed by atoms with Gasteiger partial charge in [-0.05, 0) is 18.2 Å². The topological polar surface area (TPSA) is 104 Å². The van der Waals surface area contributed by atoms with Crippen molar-refractivity contribution in [3.05, 3.63) is 12.4 Å². The fourth-order valence-electron chi connectivity index (χ4n) is 1.24. The molecule has 0 saturated carbocycles. The van der Waals surface area contributed by atoms with E-state index < -0.39 is 0 Å². The van der Waals surface area contributed by atoms with E-state index in [2.05, 4.69) is 25.4 Å². The van der Waals surface area contributed by atoms with E-state index in [9.17, 15) is 0 Å². The second-order valence-electron chi connectivity index (χ2n) is 3.64. The molecule has 0 amide bonds. The van der Waals surface area contributed by atoms with Crippen molar-refractivity contribution < 1.29 is 4.74 Å². The number of aryl methyl sites for hydroxylation is 1. The predicted molar refractivity (Wildman–Crippen MR) is 70.8 cm³/mol. The Balaban J connectivity index is 2.21. The van der Waals surface area contributed by atoms with Crippen LogP contribution in [0.3, 0.4) is 0 Å². The van der Waals surface area contributed by atoms with Crippen LogP contribution in [0, 0.1) is 0 Å². The summed E-state index contributed by atoms with van der Waals surface area (Å²) >= 11 is 1.31. The largest absolute Gasteiger partial charge is 0.463 e. The number of nitrogen functional groups attached to an aromatic ring is 1. The highest BCUT2D eigenvalue weighted by Crippen LogP contribution is 2.24. The van der Waals surface area contributed by atoms with Crippen molar-refractivity contribution in [3.63, 3.8) is 0 Å². The number of nitrogens with two attached hydrogens (primary N) is 1. The summed E-state index contributed by atoms with van der Waals surface area (Å²) in [6, 6.07) is 0.251. The maximum absolute atomic E-state index is 5.39. The molecule has 0 bridgehead atoms. The number of anilines is 1. The van der Waals surface area contributed by atoms with Gasteiger partial charge >= 0.3 is 6.01 Å². The molecule has 0 radical (unpaired) electrons. The third-order valence-electron chi connectivity index (χ3n) is 2.12. The second kappa shape index (κ2) is 6.34. The van der Waals surface area contributed by atoms with Gasteiger partial charge in [0, 0.05) is 19.4 Å². The Morgan fingerprint density at radius 2 is 2.26 bits per heavy atom. The molecule has 19 heavy (non-hydrogen) atoms. The van der Waals surface area contributed by atoms with Crippen molar-refractivity contribution in [1.29, 1.82) is 0 Å². The number of nitrogens with zero attached hydrogens (tertiary/aromatic N) is 5. The summed E-state index contributed by atoms with van der Waals surface area (Å²) in [4.78, 5) is 16.6. The Hall–Kier alpha value is -1.87. The molecule has 2 aromatic heterocycles. The molecular formula is C10H15N7OS. The van der Waals surface area contributed by atoms with E-state index in [-0.39, 0.29) is 12.0 Å². The minimum atomic E-state index is 0.251. The highest BCUT2D eigenvalue weighted by molar-refractivity contribution is 7.99. The highest BCUT2D eigenvalue weighted by Gasteiger charge is 2.10. The molecule has 0 aromatic carbocycles. The molecule has 0 aliphatic heterocycles. The lowest BCUT2D eigenvalue weighted by molar-refractivity contribution is 0.288. The summed E-state index contributed by atoms with van der Waals surface area (Å²) in [7, 11) is 1.90. The second-order valence-corrected chi connectivity index (χ2v) is 4.57. The molecule has 0 unspecified atom stereocenters. The first-order chi connectivity index (χ1) is 9.22. The van der Waals surface area contributed by atoms with Gasteiger partial charge in [0.1, 0.15) is 0 Å². The van der Waals surface area contributed by atoms with Crippen molar-refractivity contribution in [2.75, 3.05) is 12.0 Å². The molecule has 0 spiro atoms. The molecule has 8 nitrogen and oxygen atoms in total. The lowest BCUT2D eigenvalue weighted by Crippen LogP contribution is -2.13. The number of imidazole rings is 1.